The van der Waals surface area contributed by atoms with Crippen LogP contribution in [0.2, 0.25) is 0 Å². The molecular weight excluding hydrogens is 315 g/mol. The molecule has 0 aliphatic heterocycles. The zero-order valence-electron chi connectivity index (χ0n) is 13.7. The van der Waals surface area contributed by atoms with Gasteiger partial charge in [0.2, 0.25) is 5.91 Å². The van der Waals surface area contributed by atoms with Gasteiger partial charge < -0.3 is 9.88 Å². The van der Waals surface area contributed by atoms with Crippen molar-refractivity contribution in [1.82, 2.24) is 19.8 Å². The zero-order chi connectivity index (χ0) is 17.0. The smallest absolute Gasteiger partial charge is 0.242 e. The van der Waals surface area contributed by atoms with Gasteiger partial charge in [0.1, 0.15) is 11.9 Å². The Bertz CT molecular complexity index is 686. The van der Waals surface area contributed by atoms with E-state index in [0.717, 1.165) is 10.9 Å². The van der Waals surface area contributed by atoms with Crippen molar-refractivity contribution in [3.05, 3.63) is 47.5 Å². The SMILES string of the molecule is CSc1ncc(CNC(=O)C(c2ccccc2F)N(C)C)n1C. The maximum atomic E-state index is 14.0. The zero-order valence-corrected chi connectivity index (χ0v) is 14.5. The van der Waals surface area contributed by atoms with Gasteiger partial charge in [0.25, 0.3) is 0 Å². The Kier molecular flexibility index (Phi) is 5.79. The molecule has 0 bridgehead atoms. The summed E-state index contributed by atoms with van der Waals surface area (Å²) in [5.41, 5.74) is 1.26. The highest BCUT2D eigenvalue weighted by molar-refractivity contribution is 7.98. The number of aromatic nitrogens is 2. The minimum absolute atomic E-state index is 0.244. The quantitative estimate of drug-likeness (QED) is 0.822. The first-order valence-corrected chi connectivity index (χ1v) is 8.41. The average molecular weight is 336 g/mol. The van der Waals surface area contributed by atoms with Gasteiger partial charge in [0.15, 0.2) is 5.16 Å². The molecule has 2 aromatic rings. The molecule has 1 aromatic carbocycles. The lowest BCUT2D eigenvalue weighted by molar-refractivity contribution is -0.126. The summed E-state index contributed by atoms with van der Waals surface area (Å²) >= 11 is 1.54. The van der Waals surface area contributed by atoms with E-state index in [1.807, 2.05) is 17.9 Å². The lowest BCUT2D eigenvalue weighted by Gasteiger charge is -2.24. The third-order valence-corrected chi connectivity index (χ3v) is 4.38. The second-order valence-corrected chi connectivity index (χ2v) is 6.17. The van der Waals surface area contributed by atoms with Crippen LogP contribution in [-0.4, -0.2) is 40.7 Å². The Balaban J connectivity index is 2.13. The molecule has 0 aliphatic rings. The van der Waals surface area contributed by atoms with E-state index < -0.39 is 6.04 Å². The number of hydrogen-bond acceptors (Lipinski definition) is 4. The molecule has 0 fully saturated rings. The van der Waals surface area contributed by atoms with Gasteiger partial charge in [-0.25, -0.2) is 9.37 Å². The third-order valence-electron chi connectivity index (χ3n) is 3.63. The number of halogens is 1. The van der Waals surface area contributed by atoms with Crippen molar-refractivity contribution in [1.29, 1.82) is 0 Å². The van der Waals surface area contributed by atoms with Crippen LogP contribution in [0.3, 0.4) is 0 Å². The van der Waals surface area contributed by atoms with E-state index in [2.05, 4.69) is 10.3 Å². The third kappa shape index (κ3) is 3.92. The number of nitrogens with one attached hydrogen (secondary N) is 1. The number of benzene rings is 1. The van der Waals surface area contributed by atoms with E-state index in [0.29, 0.717) is 12.1 Å². The molecule has 124 valence electrons. The number of likely N-dealkylation sites (N-methyl/N-ethyl adjacent to an activating group) is 1. The second kappa shape index (κ2) is 7.61. The molecule has 0 saturated carbocycles. The standard InChI is InChI=1S/C16H21FN4OS/c1-20(2)14(12-7-5-6-8-13(12)17)15(22)18-9-11-10-19-16(23-4)21(11)3/h5-8,10,14H,9H2,1-4H3,(H,18,22). The minimum Gasteiger partial charge on any atom is -0.349 e. The highest BCUT2D eigenvalue weighted by Crippen LogP contribution is 2.21. The molecule has 23 heavy (non-hydrogen) atoms. The van der Waals surface area contributed by atoms with Gasteiger partial charge in [0.05, 0.1) is 18.4 Å². The number of carbonyl (C=O) groups excluding carboxylic acids is 1. The van der Waals surface area contributed by atoms with Gasteiger partial charge in [-0.15, -0.1) is 0 Å². The molecule has 1 amide bonds. The lowest BCUT2D eigenvalue weighted by Crippen LogP contribution is -2.37. The fourth-order valence-corrected chi connectivity index (χ4v) is 2.95. The highest BCUT2D eigenvalue weighted by Gasteiger charge is 2.25. The molecule has 0 radical (unpaired) electrons. The number of hydrogen-bond donors (Lipinski definition) is 1. The van der Waals surface area contributed by atoms with Crippen LogP contribution in [-0.2, 0) is 18.4 Å². The van der Waals surface area contributed by atoms with Gasteiger partial charge in [0, 0.05) is 12.6 Å². The van der Waals surface area contributed by atoms with Gasteiger partial charge >= 0.3 is 0 Å². The van der Waals surface area contributed by atoms with Crippen molar-refractivity contribution in [3.8, 4) is 0 Å². The van der Waals surface area contributed by atoms with E-state index in [1.54, 1.807) is 55.2 Å². The molecule has 0 spiro atoms. The van der Waals surface area contributed by atoms with Crippen LogP contribution in [0.15, 0.2) is 35.6 Å². The number of carbonyl (C=O) groups is 1. The largest absolute Gasteiger partial charge is 0.349 e. The summed E-state index contributed by atoms with van der Waals surface area (Å²) in [7, 11) is 5.42. The molecule has 1 aromatic heterocycles. The molecule has 0 saturated heterocycles. The van der Waals surface area contributed by atoms with E-state index in [4.69, 9.17) is 0 Å². The molecule has 1 atom stereocenters. The topological polar surface area (TPSA) is 50.2 Å². The predicted molar refractivity (Wildman–Crippen MR) is 89.7 cm³/mol. The van der Waals surface area contributed by atoms with Gasteiger partial charge in [-0.2, -0.15) is 0 Å². The van der Waals surface area contributed by atoms with Crippen LogP contribution in [0.1, 0.15) is 17.3 Å². The van der Waals surface area contributed by atoms with Gasteiger partial charge in [-0.05, 0) is 26.4 Å². The summed E-state index contributed by atoms with van der Waals surface area (Å²) in [6, 6.07) is 5.67. The summed E-state index contributed by atoms with van der Waals surface area (Å²) in [6.45, 7) is 0.349. The molecule has 5 nitrogen and oxygen atoms in total. The predicted octanol–water partition coefficient (Wildman–Crippen LogP) is 2.20. The van der Waals surface area contributed by atoms with Crippen molar-refractivity contribution in [2.24, 2.45) is 7.05 Å². The van der Waals surface area contributed by atoms with Crippen LogP contribution < -0.4 is 5.32 Å². The van der Waals surface area contributed by atoms with E-state index >= 15 is 0 Å². The van der Waals surface area contributed by atoms with Crippen molar-refractivity contribution in [2.45, 2.75) is 17.7 Å². The molecule has 1 N–H and O–H groups in total. The number of rotatable bonds is 6. The first-order chi connectivity index (χ1) is 11.0. The van der Waals surface area contributed by atoms with Crippen LogP contribution in [0.4, 0.5) is 4.39 Å². The van der Waals surface area contributed by atoms with Crippen LogP contribution >= 0.6 is 11.8 Å². The summed E-state index contributed by atoms with van der Waals surface area (Å²) in [4.78, 5) is 18.5. The first kappa shape index (κ1) is 17.5. The van der Waals surface area contributed by atoms with Crippen molar-refractivity contribution >= 4 is 17.7 Å². The maximum Gasteiger partial charge on any atom is 0.242 e. The number of amides is 1. The van der Waals surface area contributed by atoms with Crippen LogP contribution in [0.5, 0.6) is 0 Å². The lowest BCUT2D eigenvalue weighted by atomic mass is 10.0. The van der Waals surface area contributed by atoms with E-state index in [1.165, 1.54) is 6.07 Å². The fraction of sp³-hybridized carbons (Fsp3) is 0.375. The molecule has 2 rings (SSSR count). The normalized spacial score (nSPS) is 12.4. The fourth-order valence-electron chi connectivity index (χ4n) is 2.40. The van der Waals surface area contributed by atoms with Crippen LogP contribution in [0.25, 0.3) is 0 Å². The first-order valence-electron chi connectivity index (χ1n) is 7.18. The van der Waals surface area contributed by atoms with Crippen molar-refractivity contribution in [2.75, 3.05) is 20.4 Å². The van der Waals surface area contributed by atoms with Gasteiger partial charge in [-0.3, -0.25) is 9.69 Å². The summed E-state index contributed by atoms with van der Waals surface area (Å²) in [5, 5.41) is 3.75. The molecule has 1 heterocycles. The highest BCUT2D eigenvalue weighted by atomic mass is 32.2. The van der Waals surface area contributed by atoms with Crippen molar-refractivity contribution in [3.63, 3.8) is 0 Å². The molecule has 1 unspecified atom stereocenters. The average Bonchev–Trinajstić information content (AvgIpc) is 2.87. The van der Waals surface area contributed by atoms with E-state index in [9.17, 15) is 9.18 Å². The number of thioether (sulfide) groups is 1. The Hall–Kier alpha value is -1.86. The number of imidazole rings is 1. The van der Waals surface area contributed by atoms with Gasteiger partial charge in [-0.1, -0.05) is 30.0 Å². The number of nitrogens with zero attached hydrogens (tertiary/aromatic N) is 3. The molecule has 7 heteroatoms. The Morgan fingerprint density at radius 1 is 1.43 bits per heavy atom. The Labute approximate surface area is 139 Å². The molecular formula is C16H21FN4OS. The maximum absolute atomic E-state index is 14.0. The second-order valence-electron chi connectivity index (χ2n) is 5.40. The van der Waals surface area contributed by atoms with Crippen LogP contribution in [0, 0.1) is 5.82 Å². The molecule has 0 aliphatic carbocycles. The monoisotopic (exact) mass is 336 g/mol. The summed E-state index contributed by atoms with van der Waals surface area (Å²) in [6.07, 6.45) is 3.69. The van der Waals surface area contributed by atoms with Crippen molar-refractivity contribution < 1.29 is 9.18 Å². The summed E-state index contributed by atoms with van der Waals surface area (Å²) < 4.78 is 15.9. The Morgan fingerprint density at radius 3 is 2.70 bits per heavy atom. The van der Waals surface area contributed by atoms with E-state index in [-0.39, 0.29) is 11.7 Å². The Morgan fingerprint density at radius 2 is 2.13 bits per heavy atom. The summed E-state index contributed by atoms with van der Waals surface area (Å²) in [5.74, 6) is -0.626. The minimum atomic E-state index is -0.676.